The number of nitrogens with zero attached hydrogens (tertiary/aromatic N) is 3. The fraction of sp³-hybridized carbons (Fsp3) is 0.462. The van der Waals surface area contributed by atoms with Crippen molar-refractivity contribution >= 4 is 34.4 Å². The van der Waals surface area contributed by atoms with Crippen molar-refractivity contribution in [3.63, 3.8) is 0 Å². The molecular formula is C26H33N5O3S. The second kappa shape index (κ2) is 10.8. The number of rotatable bonds is 7. The van der Waals surface area contributed by atoms with E-state index in [-0.39, 0.29) is 34.3 Å². The summed E-state index contributed by atoms with van der Waals surface area (Å²) in [4.78, 5) is 48.6. The number of amides is 1. The van der Waals surface area contributed by atoms with Crippen molar-refractivity contribution in [2.24, 2.45) is 5.92 Å². The molecule has 4 rings (SSSR count). The first-order valence-electron chi connectivity index (χ1n) is 12.1. The monoisotopic (exact) mass is 495 g/mol. The van der Waals surface area contributed by atoms with Crippen LogP contribution in [0.3, 0.4) is 0 Å². The first-order chi connectivity index (χ1) is 16.7. The summed E-state index contributed by atoms with van der Waals surface area (Å²) in [5.41, 5.74) is 1.77. The van der Waals surface area contributed by atoms with E-state index in [0.29, 0.717) is 12.2 Å². The number of pyridine rings is 1. The van der Waals surface area contributed by atoms with Crippen LogP contribution in [-0.2, 0) is 13.1 Å². The predicted octanol–water partition coefficient (Wildman–Crippen LogP) is 3.67. The number of carbonyl (C=O) groups excluding carboxylic acids is 1. The molecule has 0 radical (unpaired) electrons. The first-order valence-corrected chi connectivity index (χ1v) is 13.3. The lowest BCUT2D eigenvalue weighted by atomic mass is 10.0. The Labute approximate surface area is 209 Å². The zero-order valence-corrected chi connectivity index (χ0v) is 21.6. The second-order valence-corrected chi connectivity index (χ2v) is 10.9. The van der Waals surface area contributed by atoms with Gasteiger partial charge in [-0.15, -0.1) is 0 Å². The van der Waals surface area contributed by atoms with Crippen molar-refractivity contribution in [1.82, 2.24) is 19.4 Å². The molecule has 9 heteroatoms. The van der Waals surface area contributed by atoms with Gasteiger partial charge in [0.15, 0.2) is 5.65 Å². The molecule has 2 N–H and O–H groups in total. The fourth-order valence-corrected chi connectivity index (χ4v) is 5.25. The van der Waals surface area contributed by atoms with Gasteiger partial charge in [-0.3, -0.25) is 24.0 Å². The summed E-state index contributed by atoms with van der Waals surface area (Å²) in [7, 11) is 0. The number of aromatic amines is 1. The van der Waals surface area contributed by atoms with E-state index in [2.05, 4.69) is 20.2 Å². The number of fused-ring (bicyclic) bond motifs is 1. The van der Waals surface area contributed by atoms with Gasteiger partial charge in [0.25, 0.3) is 11.5 Å². The van der Waals surface area contributed by atoms with Crippen LogP contribution in [0, 0.1) is 5.92 Å². The maximum Gasteiger partial charge on any atom is 0.330 e. The minimum Gasteiger partial charge on any atom is -0.322 e. The summed E-state index contributed by atoms with van der Waals surface area (Å²) in [6.07, 6.45) is 0. The predicted molar refractivity (Wildman–Crippen MR) is 143 cm³/mol. The number of H-pyrrole nitrogens is 1. The van der Waals surface area contributed by atoms with E-state index in [1.165, 1.54) is 4.57 Å². The van der Waals surface area contributed by atoms with Crippen molar-refractivity contribution in [2.75, 3.05) is 29.9 Å². The third kappa shape index (κ3) is 5.67. The number of hydrogen-bond donors (Lipinski definition) is 2. The Morgan fingerprint density at radius 1 is 1.14 bits per heavy atom. The molecule has 3 aromatic rings. The van der Waals surface area contributed by atoms with E-state index in [4.69, 9.17) is 0 Å². The largest absolute Gasteiger partial charge is 0.330 e. The smallest absolute Gasteiger partial charge is 0.322 e. The van der Waals surface area contributed by atoms with Crippen LogP contribution in [0.1, 0.15) is 55.2 Å². The third-order valence-electron chi connectivity index (χ3n) is 6.12. The van der Waals surface area contributed by atoms with Gasteiger partial charge in [-0.1, -0.05) is 45.9 Å². The lowest BCUT2D eigenvalue weighted by molar-refractivity contribution is 0.102. The van der Waals surface area contributed by atoms with Gasteiger partial charge in [0.1, 0.15) is 0 Å². The quantitative estimate of drug-likeness (QED) is 0.519. The van der Waals surface area contributed by atoms with Crippen LogP contribution in [-0.4, -0.2) is 49.9 Å². The van der Waals surface area contributed by atoms with E-state index >= 15 is 0 Å². The minimum absolute atomic E-state index is 0.0112. The zero-order chi connectivity index (χ0) is 25.1. The fourth-order valence-electron chi connectivity index (χ4n) is 4.27. The lowest BCUT2D eigenvalue weighted by Crippen LogP contribution is -2.34. The molecule has 1 aliphatic heterocycles. The summed E-state index contributed by atoms with van der Waals surface area (Å²) >= 11 is 1.96. The Hall–Kier alpha value is -2.91. The van der Waals surface area contributed by atoms with E-state index in [0.717, 1.165) is 42.4 Å². The number of nitrogens with one attached hydrogen (secondary N) is 2. The Balaban J connectivity index is 1.78. The first kappa shape index (κ1) is 25.2. The van der Waals surface area contributed by atoms with Crippen molar-refractivity contribution in [1.29, 1.82) is 0 Å². The Morgan fingerprint density at radius 3 is 2.54 bits per heavy atom. The highest BCUT2D eigenvalue weighted by molar-refractivity contribution is 7.99. The van der Waals surface area contributed by atoms with E-state index in [1.807, 2.05) is 63.7 Å². The molecule has 35 heavy (non-hydrogen) atoms. The summed E-state index contributed by atoms with van der Waals surface area (Å²) in [5, 5.41) is 3.17. The molecule has 0 spiro atoms. The van der Waals surface area contributed by atoms with E-state index in [1.54, 1.807) is 6.07 Å². The van der Waals surface area contributed by atoms with Crippen LogP contribution in [0.15, 0.2) is 39.9 Å². The number of benzene rings is 1. The molecule has 3 heterocycles. The van der Waals surface area contributed by atoms with Gasteiger partial charge in [0.2, 0.25) is 0 Å². The van der Waals surface area contributed by atoms with Gasteiger partial charge >= 0.3 is 5.69 Å². The highest BCUT2D eigenvalue weighted by atomic mass is 32.2. The van der Waals surface area contributed by atoms with Crippen LogP contribution in [0.4, 0.5) is 5.69 Å². The molecule has 0 unspecified atom stereocenters. The van der Waals surface area contributed by atoms with Crippen LogP contribution < -0.4 is 16.6 Å². The third-order valence-corrected chi connectivity index (χ3v) is 7.06. The summed E-state index contributed by atoms with van der Waals surface area (Å²) < 4.78 is 1.46. The maximum atomic E-state index is 13.6. The normalized spacial score (nSPS) is 14.7. The maximum absolute atomic E-state index is 13.6. The highest BCUT2D eigenvalue weighted by Gasteiger charge is 2.22. The minimum atomic E-state index is -0.600. The van der Waals surface area contributed by atoms with Gasteiger partial charge in [-0.05, 0) is 29.5 Å². The standard InChI is InChI=1S/C26H33N5O3S/c1-16(2)14-31-23-22(25(33)29-26(31)34)19(13-21(27-23)17(3)4)24(32)28-20-8-6-5-7-18(20)15-30-9-11-35-12-10-30/h5-8,13,16-17H,9-12,14-15H2,1-4H3,(H,28,32)(H,29,33,34). The molecule has 1 saturated heterocycles. The van der Waals surface area contributed by atoms with E-state index in [9.17, 15) is 14.4 Å². The molecule has 0 saturated carbocycles. The van der Waals surface area contributed by atoms with E-state index < -0.39 is 11.2 Å². The molecule has 186 valence electrons. The molecule has 1 aromatic carbocycles. The van der Waals surface area contributed by atoms with Crippen molar-refractivity contribution < 1.29 is 4.79 Å². The van der Waals surface area contributed by atoms with Gasteiger partial charge < -0.3 is 5.32 Å². The van der Waals surface area contributed by atoms with Crippen LogP contribution >= 0.6 is 11.8 Å². The van der Waals surface area contributed by atoms with Crippen LogP contribution in [0.2, 0.25) is 0 Å². The van der Waals surface area contributed by atoms with Crippen LogP contribution in [0.5, 0.6) is 0 Å². The second-order valence-electron chi connectivity index (χ2n) is 9.71. The summed E-state index contributed by atoms with van der Waals surface area (Å²) in [6.45, 7) is 11.1. The van der Waals surface area contributed by atoms with Crippen molar-refractivity contribution in [2.45, 2.75) is 46.7 Å². The molecule has 2 aromatic heterocycles. The van der Waals surface area contributed by atoms with Gasteiger partial charge in [0.05, 0.1) is 10.9 Å². The summed E-state index contributed by atoms with van der Waals surface area (Å²) in [5.74, 6) is 1.99. The van der Waals surface area contributed by atoms with Crippen molar-refractivity contribution in [3.8, 4) is 0 Å². The molecular weight excluding hydrogens is 462 g/mol. The molecule has 0 atom stereocenters. The van der Waals surface area contributed by atoms with Gasteiger partial charge in [-0.25, -0.2) is 9.78 Å². The average Bonchev–Trinajstić information content (AvgIpc) is 2.82. The SMILES string of the molecule is CC(C)Cn1c(=O)[nH]c(=O)c2c(C(=O)Nc3ccccc3CN3CCSCC3)cc(C(C)C)nc21. The number of carbonyl (C=O) groups is 1. The van der Waals surface area contributed by atoms with Crippen molar-refractivity contribution in [3.05, 3.63) is 68.0 Å². The van der Waals surface area contributed by atoms with Gasteiger partial charge in [0, 0.05) is 49.1 Å². The molecule has 0 aliphatic carbocycles. The molecule has 1 amide bonds. The Kier molecular flexibility index (Phi) is 7.76. The zero-order valence-electron chi connectivity index (χ0n) is 20.8. The molecule has 1 aliphatic rings. The van der Waals surface area contributed by atoms with Crippen LogP contribution in [0.25, 0.3) is 11.0 Å². The highest BCUT2D eigenvalue weighted by Crippen LogP contribution is 2.24. The molecule has 0 bridgehead atoms. The Bertz CT molecular complexity index is 1340. The number of aromatic nitrogens is 3. The Morgan fingerprint density at radius 2 is 1.86 bits per heavy atom. The molecule has 1 fully saturated rings. The number of hydrogen-bond acceptors (Lipinski definition) is 6. The lowest BCUT2D eigenvalue weighted by Gasteiger charge is -2.27. The number of para-hydroxylation sites is 1. The topological polar surface area (TPSA) is 100 Å². The average molecular weight is 496 g/mol. The summed E-state index contributed by atoms with van der Waals surface area (Å²) in [6, 6.07) is 9.44. The molecule has 8 nitrogen and oxygen atoms in total. The number of thioether (sulfide) groups is 1. The number of anilines is 1. The van der Waals surface area contributed by atoms with Gasteiger partial charge in [-0.2, -0.15) is 11.8 Å².